The summed E-state index contributed by atoms with van der Waals surface area (Å²) in [5, 5.41) is 17.0. The standard InChI is InChI=1S/C13H25NO4/c14-11(13(17)18)9-7-5-3-1-2-4-6-8-10-12(15)16/h11H,1-10,14H2,(H,15,16)(H,17,18). The molecule has 0 saturated heterocycles. The van der Waals surface area contributed by atoms with Gasteiger partial charge in [0.05, 0.1) is 0 Å². The molecule has 0 aliphatic heterocycles. The van der Waals surface area contributed by atoms with Crippen molar-refractivity contribution < 1.29 is 19.8 Å². The number of carboxylic acid groups (broad SMARTS) is 2. The van der Waals surface area contributed by atoms with Gasteiger partial charge in [0.25, 0.3) is 0 Å². The van der Waals surface area contributed by atoms with E-state index in [1.165, 1.54) is 0 Å². The zero-order chi connectivity index (χ0) is 13.8. The largest absolute Gasteiger partial charge is 0.481 e. The van der Waals surface area contributed by atoms with Gasteiger partial charge < -0.3 is 15.9 Å². The van der Waals surface area contributed by atoms with E-state index in [1.807, 2.05) is 0 Å². The first-order valence-corrected chi connectivity index (χ1v) is 6.74. The highest BCUT2D eigenvalue weighted by Crippen LogP contribution is 2.11. The molecule has 5 heteroatoms. The molecule has 5 nitrogen and oxygen atoms in total. The molecule has 0 spiro atoms. The fourth-order valence-electron chi connectivity index (χ4n) is 1.82. The molecule has 0 aromatic heterocycles. The molecule has 0 amide bonds. The number of hydrogen-bond acceptors (Lipinski definition) is 3. The van der Waals surface area contributed by atoms with E-state index in [1.54, 1.807) is 0 Å². The maximum Gasteiger partial charge on any atom is 0.320 e. The van der Waals surface area contributed by atoms with Crippen LogP contribution in [-0.4, -0.2) is 28.2 Å². The van der Waals surface area contributed by atoms with Gasteiger partial charge in [-0.2, -0.15) is 0 Å². The molecule has 0 bridgehead atoms. The highest BCUT2D eigenvalue weighted by atomic mass is 16.4. The van der Waals surface area contributed by atoms with E-state index >= 15 is 0 Å². The fraction of sp³-hybridized carbons (Fsp3) is 0.846. The van der Waals surface area contributed by atoms with Crippen molar-refractivity contribution in [2.24, 2.45) is 5.73 Å². The lowest BCUT2D eigenvalue weighted by Crippen LogP contribution is -2.29. The molecule has 0 heterocycles. The second kappa shape index (κ2) is 11.0. The number of aliphatic carboxylic acids is 2. The van der Waals surface area contributed by atoms with Gasteiger partial charge in [0.1, 0.15) is 6.04 Å². The number of rotatable bonds is 12. The molecular weight excluding hydrogens is 234 g/mol. The van der Waals surface area contributed by atoms with Crippen molar-refractivity contribution in [3.8, 4) is 0 Å². The van der Waals surface area contributed by atoms with Gasteiger partial charge in [-0.3, -0.25) is 9.59 Å². The van der Waals surface area contributed by atoms with Crippen LogP contribution in [0.1, 0.15) is 64.2 Å². The summed E-state index contributed by atoms with van der Waals surface area (Å²) in [5.41, 5.74) is 5.39. The minimum atomic E-state index is -0.923. The average molecular weight is 259 g/mol. The van der Waals surface area contributed by atoms with Crippen LogP contribution in [0.4, 0.5) is 0 Å². The quantitative estimate of drug-likeness (QED) is 0.467. The Balaban J connectivity index is 3.12. The smallest absolute Gasteiger partial charge is 0.320 e. The van der Waals surface area contributed by atoms with Gasteiger partial charge in [-0.1, -0.05) is 44.9 Å². The van der Waals surface area contributed by atoms with Crippen molar-refractivity contribution in [2.45, 2.75) is 70.3 Å². The third kappa shape index (κ3) is 11.4. The zero-order valence-electron chi connectivity index (χ0n) is 10.9. The molecular formula is C13H25NO4. The molecule has 18 heavy (non-hydrogen) atoms. The number of carboxylic acids is 2. The molecule has 0 aromatic rings. The van der Waals surface area contributed by atoms with Crippen LogP contribution in [0, 0.1) is 0 Å². The molecule has 106 valence electrons. The van der Waals surface area contributed by atoms with Crippen LogP contribution in [0.5, 0.6) is 0 Å². The lowest BCUT2D eigenvalue weighted by Gasteiger charge is -2.05. The van der Waals surface area contributed by atoms with E-state index in [4.69, 9.17) is 15.9 Å². The first kappa shape index (κ1) is 16.9. The molecule has 0 radical (unpaired) electrons. The maximum atomic E-state index is 10.4. The lowest BCUT2D eigenvalue weighted by atomic mass is 10.0. The Bertz CT molecular complexity index is 243. The van der Waals surface area contributed by atoms with E-state index in [2.05, 4.69) is 0 Å². The highest BCUT2D eigenvalue weighted by molar-refractivity contribution is 5.72. The van der Waals surface area contributed by atoms with Crippen molar-refractivity contribution in [1.82, 2.24) is 0 Å². The molecule has 0 aromatic carbocycles. The first-order valence-electron chi connectivity index (χ1n) is 6.74. The molecule has 0 fully saturated rings. The van der Waals surface area contributed by atoms with Gasteiger partial charge in [-0.25, -0.2) is 0 Å². The Kier molecular flexibility index (Phi) is 10.3. The monoisotopic (exact) mass is 259 g/mol. The summed E-state index contributed by atoms with van der Waals surface area (Å²) in [4.78, 5) is 20.7. The molecule has 1 unspecified atom stereocenters. The normalized spacial score (nSPS) is 12.3. The molecule has 0 aliphatic rings. The Morgan fingerprint density at radius 2 is 1.28 bits per heavy atom. The maximum absolute atomic E-state index is 10.4. The van der Waals surface area contributed by atoms with Crippen molar-refractivity contribution in [3.05, 3.63) is 0 Å². The fourth-order valence-corrected chi connectivity index (χ4v) is 1.82. The lowest BCUT2D eigenvalue weighted by molar-refractivity contribution is -0.139. The topological polar surface area (TPSA) is 101 Å². The van der Waals surface area contributed by atoms with Crippen LogP contribution >= 0.6 is 0 Å². The number of nitrogens with two attached hydrogens (primary N) is 1. The summed E-state index contributed by atoms with van der Waals surface area (Å²) in [5.74, 6) is -1.64. The van der Waals surface area contributed by atoms with Gasteiger partial charge in [0, 0.05) is 6.42 Å². The van der Waals surface area contributed by atoms with Crippen molar-refractivity contribution in [1.29, 1.82) is 0 Å². The predicted molar refractivity (Wildman–Crippen MR) is 69.4 cm³/mol. The first-order chi connectivity index (χ1) is 8.54. The second-order valence-corrected chi connectivity index (χ2v) is 4.71. The van der Waals surface area contributed by atoms with Gasteiger partial charge >= 0.3 is 11.9 Å². The van der Waals surface area contributed by atoms with Crippen LogP contribution in [-0.2, 0) is 9.59 Å². The highest BCUT2D eigenvalue weighted by Gasteiger charge is 2.09. The van der Waals surface area contributed by atoms with Crippen LogP contribution in [0.3, 0.4) is 0 Å². The summed E-state index contributed by atoms with van der Waals surface area (Å²) in [6, 6.07) is -0.721. The number of carbonyl (C=O) groups is 2. The van der Waals surface area contributed by atoms with E-state index in [-0.39, 0.29) is 6.42 Å². The SMILES string of the molecule is NC(CCCCCCCCCCC(=O)O)C(=O)O. The number of hydrogen-bond donors (Lipinski definition) is 3. The van der Waals surface area contributed by atoms with Crippen molar-refractivity contribution in [3.63, 3.8) is 0 Å². The molecule has 1 atom stereocenters. The Morgan fingerprint density at radius 1 is 0.833 bits per heavy atom. The summed E-state index contributed by atoms with van der Waals surface area (Å²) in [6.45, 7) is 0. The summed E-state index contributed by atoms with van der Waals surface area (Å²) in [7, 11) is 0. The Labute approximate surface area is 108 Å². The minimum Gasteiger partial charge on any atom is -0.481 e. The second-order valence-electron chi connectivity index (χ2n) is 4.71. The molecule has 4 N–H and O–H groups in total. The third-order valence-electron chi connectivity index (χ3n) is 2.97. The third-order valence-corrected chi connectivity index (χ3v) is 2.97. The van der Waals surface area contributed by atoms with Crippen LogP contribution in [0.25, 0.3) is 0 Å². The summed E-state index contributed by atoms with van der Waals surface area (Å²) < 4.78 is 0. The Morgan fingerprint density at radius 3 is 1.72 bits per heavy atom. The van der Waals surface area contributed by atoms with Gasteiger partial charge in [0.2, 0.25) is 0 Å². The van der Waals surface area contributed by atoms with Crippen LogP contribution < -0.4 is 5.73 Å². The van der Waals surface area contributed by atoms with Crippen LogP contribution in [0.15, 0.2) is 0 Å². The van der Waals surface area contributed by atoms with Crippen LogP contribution in [0.2, 0.25) is 0 Å². The summed E-state index contributed by atoms with van der Waals surface area (Å²) >= 11 is 0. The van der Waals surface area contributed by atoms with Crippen molar-refractivity contribution >= 4 is 11.9 Å². The summed E-state index contributed by atoms with van der Waals surface area (Å²) in [6.07, 6.45) is 8.91. The molecule has 0 aliphatic carbocycles. The van der Waals surface area contributed by atoms with E-state index in [0.29, 0.717) is 6.42 Å². The van der Waals surface area contributed by atoms with Gasteiger partial charge in [-0.15, -0.1) is 0 Å². The molecule has 0 saturated carbocycles. The Hall–Kier alpha value is -1.10. The van der Waals surface area contributed by atoms with E-state index < -0.39 is 18.0 Å². The predicted octanol–water partition coefficient (Wildman–Crippen LogP) is 2.38. The zero-order valence-corrected chi connectivity index (χ0v) is 10.9. The average Bonchev–Trinajstić information content (AvgIpc) is 2.30. The van der Waals surface area contributed by atoms with Crippen molar-refractivity contribution in [2.75, 3.05) is 0 Å². The molecule has 0 rings (SSSR count). The van der Waals surface area contributed by atoms with Gasteiger partial charge in [0.15, 0.2) is 0 Å². The number of unbranched alkanes of at least 4 members (excludes halogenated alkanes) is 7. The van der Waals surface area contributed by atoms with E-state index in [0.717, 1.165) is 51.4 Å². The van der Waals surface area contributed by atoms with E-state index in [9.17, 15) is 9.59 Å². The van der Waals surface area contributed by atoms with Gasteiger partial charge in [-0.05, 0) is 12.8 Å². The minimum absolute atomic E-state index is 0.271.